The molecule has 1 saturated carbocycles. The van der Waals surface area contributed by atoms with Crippen molar-refractivity contribution in [3.63, 3.8) is 0 Å². The standard InChI is InChI=1S/C17H29N3O/c1-18-14(8-9-17-7-4-12-21-17)13-15-10-11-20(19-15)16-5-2-3-6-16/h10-11,14,16-18H,2-9,12-13H2,1H3. The molecule has 1 saturated heterocycles. The highest BCUT2D eigenvalue weighted by atomic mass is 16.5. The molecule has 0 spiro atoms. The maximum absolute atomic E-state index is 5.72. The van der Waals surface area contributed by atoms with Crippen molar-refractivity contribution in [2.45, 2.75) is 76.0 Å². The van der Waals surface area contributed by atoms with E-state index >= 15 is 0 Å². The van der Waals surface area contributed by atoms with Gasteiger partial charge < -0.3 is 10.1 Å². The van der Waals surface area contributed by atoms with Crippen LogP contribution in [-0.4, -0.2) is 35.6 Å². The lowest BCUT2D eigenvalue weighted by atomic mass is 10.0. The normalized spacial score (nSPS) is 24.7. The third-order valence-corrected chi connectivity index (χ3v) is 5.09. The van der Waals surface area contributed by atoms with Gasteiger partial charge in [0, 0.05) is 25.3 Å². The van der Waals surface area contributed by atoms with Crippen LogP contribution in [0.25, 0.3) is 0 Å². The van der Waals surface area contributed by atoms with Crippen LogP contribution in [-0.2, 0) is 11.2 Å². The Labute approximate surface area is 128 Å². The summed E-state index contributed by atoms with van der Waals surface area (Å²) in [5, 5.41) is 8.25. The van der Waals surface area contributed by atoms with Crippen molar-refractivity contribution < 1.29 is 4.74 Å². The molecule has 4 nitrogen and oxygen atoms in total. The van der Waals surface area contributed by atoms with Gasteiger partial charge in [-0.2, -0.15) is 5.10 Å². The zero-order valence-corrected chi connectivity index (χ0v) is 13.3. The summed E-state index contributed by atoms with van der Waals surface area (Å²) in [7, 11) is 2.06. The highest BCUT2D eigenvalue weighted by molar-refractivity contribution is 5.02. The summed E-state index contributed by atoms with van der Waals surface area (Å²) in [4.78, 5) is 0. The number of hydrogen-bond donors (Lipinski definition) is 1. The fourth-order valence-corrected chi connectivity index (χ4v) is 3.72. The first-order valence-corrected chi connectivity index (χ1v) is 8.68. The van der Waals surface area contributed by atoms with Crippen molar-refractivity contribution in [3.8, 4) is 0 Å². The molecule has 3 rings (SSSR count). The van der Waals surface area contributed by atoms with Crippen molar-refractivity contribution in [1.29, 1.82) is 0 Å². The first-order valence-electron chi connectivity index (χ1n) is 8.68. The first-order chi connectivity index (χ1) is 10.3. The van der Waals surface area contributed by atoms with Crippen LogP contribution in [0.1, 0.15) is 63.1 Å². The Hall–Kier alpha value is -0.870. The Balaban J connectivity index is 1.48. The lowest BCUT2D eigenvalue weighted by Crippen LogP contribution is -2.29. The molecule has 118 valence electrons. The van der Waals surface area contributed by atoms with Gasteiger partial charge in [0.1, 0.15) is 0 Å². The number of nitrogens with zero attached hydrogens (tertiary/aromatic N) is 2. The second-order valence-electron chi connectivity index (χ2n) is 6.63. The summed E-state index contributed by atoms with van der Waals surface area (Å²) in [6, 6.07) is 3.37. The van der Waals surface area contributed by atoms with E-state index in [4.69, 9.17) is 9.84 Å². The predicted octanol–water partition coefficient (Wildman–Crippen LogP) is 3.09. The Bertz CT molecular complexity index is 419. The van der Waals surface area contributed by atoms with Gasteiger partial charge in [0.15, 0.2) is 0 Å². The summed E-state index contributed by atoms with van der Waals surface area (Å²) >= 11 is 0. The molecule has 2 unspecified atom stereocenters. The van der Waals surface area contributed by atoms with Crippen molar-refractivity contribution in [2.75, 3.05) is 13.7 Å². The molecule has 2 aliphatic rings. The van der Waals surface area contributed by atoms with E-state index in [-0.39, 0.29) is 0 Å². The number of nitrogens with one attached hydrogen (secondary N) is 1. The van der Waals surface area contributed by atoms with Crippen LogP contribution in [0.4, 0.5) is 0 Å². The van der Waals surface area contributed by atoms with E-state index in [1.165, 1.54) is 57.1 Å². The predicted molar refractivity (Wildman–Crippen MR) is 84.5 cm³/mol. The second-order valence-corrected chi connectivity index (χ2v) is 6.63. The number of likely N-dealkylation sites (N-methyl/N-ethyl adjacent to an activating group) is 1. The summed E-state index contributed by atoms with van der Waals surface area (Å²) in [5.41, 5.74) is 1.23. The van der Waals surface area contributed by atoms with Crippen molar-refractivity contribution in [2.24, 2.45) is 0 Å². The smallest absolute Gasteiger partial charge is 0.0640 e. The molecule has 4 heteroatoms. The van der Waals surface area contributed by atoms with Crippen LogP contribution in [0.15, 0.2) is 12.3 Å². The molecule has 1 aromatic rings. The van der Waals surface area contributed by atoms with E-state index in [9.17, 15) is 0 Å². The van der Waals surface area contributed by atoms with E-state index in [2.05, 4.69) is 29.3 Å². The highest BCUT2D eigenvalue weighted by Crippen LogP contribution is 2.28. The van der Waals surface area contributed by atoms with E-state index in [1.54, 1.807) is 0 Å². The van der Waals surface area contributed by atoms with E-state index in [0.29, 0.717) is 18.2 Å². The van der Waals surface area contributed by atoms with Crippen LogP contribution in [0, 0.1) is 0 Å². The minimum Gasteiger partial charge on any atom is -0.378 e. The van der Waals surface area contributed by atoms with Gasteiger partial charge in [-0.1, -0.05) is 12.8 Å². The van der Waals surface area contributed by atoms with Gasteiger partial charge in [-0.25, -0.2) is 0 Å². The zero-order valence-electron chi connectivity index (χ0n) is 13.3. The van der Waals surface area contributed by atoms with Crippen molar-refractivity contribution >= 4 is 0 Å². The monoisotopic (exact) mass is 291 g/mol. The molecule has 1 aromatic heterocycles. The van der Waals surface area contributed by atoms with Crippen molar-refractivity contribution in [3.05, 3.63) is 18.0 Å². The topological polar surface area (TPSA) is 39.1 Å². The van der Waals surface area contributed by atoms with Crippen molar-refractivity contribution in [1.82, 2.24) is 15.1 Å². The maximum Gasteiger partial charge on any atom is 0.0640 e. The molecule has 1 N–H and O–H groups in total. The quantitative estimate of drug-likeness (QED) is 0.839. The number of rotatable bonds is 7. The molecule has 2 fully saturated rings. The first kappa shape index (κ1) is 15.0. The molecule has 2 heterocycles. The molecule has 0 radical (unpaired) electrons. The molecule has 0 amide bonds. The third kappa shape index (κ3) is 4.07. The molecule has 0 aromatic carbocycles. The van der Waals surface area contributed by atoms with E-state index in [1.807, 2.05) is 0 Å². The second kappa shape index (κ2) is 7.41. The lowest BCUT2D eigenvalue weighted by Gasteiger charge is -2.17. The largest absolute Gasteiger partial charge is 0.378 e. The third-order valence-electron chi connectivity index (χ3n) is 5.09. The van der Waals surface area contributed by atoms with Crippen LogP contribution in [0.3, 0.4) is 0 Å². The average molecular weight is 291 g/mol. The molecule has 21 heavy (non-hydrogen) atoms. The van der Waals surface area contributed by atoms with Gasteiger partial charge in [-0.3, -0.25) is 4.68 Å². The molecule has 0 bridgehead atoms. The number of ether oxygens (including phenoxy) is 1. The Morgan fingerprint density at radius 1 is 1.33 bits per heavy atom. The van der Waals surface area contributed by atoms with Gasteiger partial charge in [0.2, 0.25) is 0 Å². The molecule has 2 atom stereocenters. The Morgan fingerprint density at radius 2 is 2.19 bits per heavy atom. The Morgan fingerprint density at radius 3 is 2.90 bits per heavy atom. The fourth-order valence-electron chi connectivity index (χ4n) is 3.72. The summed E-state index contributed by atoms with van der Waals surface area (Å²) in [5.74, 6) is 0. The van der Waals surface area contributed by atoms with Gasteiger partial charge in [0.05, 0.1) is 17.8 Å². The zero-order chi connectivity index (χ0) is 14.5. The summed E-state index contributed by atoms with van der Waals surface area (Å²) < 4.78 is 7.93. The minimum absolute atomic E-state index is 0.497. The summed E-state index contributed by atoms with van der Waals surface area (Å²) in [6.07, 6.45) is 13.9. The number of aromatic nitrogens is 2. The van der Waals surface area contributed by atoms with Gasteiger partial charge in [-0.15, -0.1) is 0 Å². The van der Waals surface area contributed by atoms with Crippen LogP contribution in [0.5, 0.6) is 0 Å². The van der Waals surface area contributed by atoms with Crippen LogP contribution >= 0.6 is 0 Å². The lowest BCUT2D eigenvalue weighted by molar-refractivity contribution is 0.0998. The molecule has 1 aliphatic heterocycles. The fraction of sp³-hybridized carbons (Fsp3) is 0.824. The number of hydrogen-bond acceptors (Lipinski definition) is 3. The van der Waals surface area contributed by atoms with Gasteiger partial charge >= 0.3 is 0 Å². The van der Waals surface area contributed by atoms with Crippen LogP contribution < -0.4 is 5.32 Å². The van der Waals surface area contributed by atoms with E-state index in [0.717, 1.165) is 13.0 Å². The minimum atomic E-state index is 0.497. The maximum atomic E-state index is 5.72. The average Bonchev–Trinajstić information content (AvgIpc) is 3.24. The Kier molecular flexibility index (Phi) is 5.31. The van der Waals surface area contributed by atoms with Gasteiger partial charge in [-0.05, 0) is 51.6 Å². The SMILES string of the molecule is CNC(CCC1CCCO1)Cc1ccn(C2CCCC2)n1. The van der Waals surface area contributed by atoms with Gasteiger partial charge in [0.25, 0.3) is 0 Å². The molecule has 1 aliphatic carbocycles. The van der Waals surface area contributed by atoms with E-state index < -0.39 is 0 Å². The highest BCUT2D eigenvalue weighted by Gasteiger charge is 2.20. The van der Waals surface area contributed by atoms with Crippen LogP contribution in [0.2, 0.25) is 0 Å². The molecular formula is C17H29N3O. The summed E-state index contributed by atoms with van der Waals surface area (Å²) in [6.45, 7) is 0.959. The molecular weight excluding hydrogens is 262 g/mol.